The van der Waals surface area contributed by atoms with Crippen LogP contribution in [0.5, 0.6) is 0 Å². The second-order valence-electron chi connectivity index (χ2n) is 6.55. The number of carbonyl (C=O) groups excluding carboxylic acids is 1. The monoisotopic (exact) mass is 360 g/mol. The van der Waals surface area contributed by atoms with E-state index in [1.54, 1.807) is 27.8 Å². The number of rotatable bonds is 4. The van der Waals surface area contributed by atoms with E-state index in [-0.39, 0.29) is 5.91 Å². The number of hydrogen-bond acceptors (Lipinski definition) is 4. The standard InChI is InChI=1S/C20H20N6O/c1-13-4-6-15(7-5-13)18-8-9-21-19-17(12-24-26(18)19)20(27)22-10-16-11-23-25(3)14(16)2/h4-9,11-12H,10H2,1-3H3,(H,22,27). The lowest BCUT2D eigenvalue weighted by Gasteiger charge is -2.06. The van der Waals surface area contributed by atoms with Crippen molar-refractivity contribution in [3.63, 3.8) is 0 Å². The second-order valence-corrected chi connectivity index (χ2v) is 6.55. The van der Waals surface area contributed by atoms with Gasteiger partial charge in [0.2, 0.25) is 0 Å². The molecule has 4 rings (SSSR count). The molecule has 27 heavy (non-hydrogen) atoms. The average molecular weight is 360 g/mol. The first kappa shape index (κ1) is 17.0. The zero-order valence-corrected chi connectivity index (χ0v) is 15.5. The largest absolute Gasteiger partial charge is 0.348 e. The molecule has 0 radical (unpaired) electrons. The zero-order chi connectivity index (χ0) is 19.0. The smallest absolute Gasteiger partial charge is 0.257 e. The fraction of sp³-hybridized carbons (Fsp3) is 0.200. The molecule has 0 aliphatic rings. The lowest BCUT2D eigenvalue weighted by molar-refractivity contribution is 0.0952. The normalized spacial score (nSPS) is 11.1. The van der Waals surface area contributed by atoms with E-state index in [0.717, 1.165) is 22.5 Å². The van der Waals surface area contributed by atoms with Crippen molar-refractivity contribution < 1.29 is 4.79 Å². The minimum atomic E-state index is -0.207. The maximum atomic E-state index is 12.7. The number of fused-ring (bicyclic) bond motifs is 1. The molecule has 0 bridgehead atoms. The highest BCUT2D eigenvalue weighted by Gasteiger charge is 2.16. The predicted molar refractivity (Wildman–Crippen MR) is 102 cm³/mol. The van der Waals surface area contributed by atoms with Crippen LogP contribution in [-0.4, -0.2) is 30.3 Å². The Morgan fingerprint density at radius 1 is 1.07 bits per heavy atom. The summed E-state index contributed by atoms with van der Waals surface area (Å²) >= 11 is 0. The number of benzene rings is 1. The Bertz CT molecular complexity index is 1120. The summed E-state index contributed by atoms with van der Waals surface area (Å²) in [5.41, 5.74) is 6.09. The van der Waals surface area contributed by atoms with Gasteiger partial charge < -0.3 is 5.32 Å². The highest BCUT2D eigenvalue weighted by atomic mass is 16.1. The summed E-state index contributed by atoms with van der Waals surface area (Å²) in [6.45, 7) is 4.43. The lowest BCUT2D eigenvalue weighted by atomic mass is 10.1. The topological polar surface area (TPSA) is 77.1 Å². The third kappa shape index (κ3) is 3.08. The van der Waals surface area contributed by atoms with Gasteiger partial charge in [-0.15, -0.1) is 0 Å². The van der Waals surface area contributed by atoms with E-state index in [1.165, 1.54) is 5.56 Å². The van der Waals surface area contributed by atoms with Crippen molar-refractivity contribution in [2.45, 2.75) is 20.4 Å². The predicted octanol–water partition coefficient (Wildman–Crippen LogP) is 2.68. The molecule has 1 N–H and O–H groups in total. The van der Waals surface area contributed by atoms with Gasteiger partial charge in [-0.25, -0.2) is 9.50 Å². The SMILES string of the molecule is Cc1ccc(-c2ccnc3c(C(=O)NCc4cnn(C)c4C)cnn23)cc1. The number of carbonyl (C=O) groups is 1. The van der Waals surface area contributed by atoms with Gasteiger partial charge in [-0.05, 0) is 19.9 Å². The van der Waals surface area contributed by atoms with Crippen molar-refractivity contribution in [1.82, 2.24) is 29.7 Å². The van der Waals surface area contributed by atoms with Crippen LogP contribution in [0.15, 0.2) is 48.9 Å². The molecule has 7 heteroatoms. The Morgan fingerprint density at radius 2 is 1.85 bits per heavy atom. The van der Waals surface area contributed by atoms with Crippen molar-refractivity contribution in [2.75, 3.05) is 0 Å². The third-order valence-electron chi connectivity index (χ3n) is 4.77. The van der Waals surface area contributed by atoms with Crippen LogP contribution in [0.2, 0.25) is 0 Å². The fourth-order valence-electron chi connectivity index (χ4n) is 2.98. The number of hydrogen-bond donors (Lipinski definition) is 1. The average Bonchev–Trinajstić information content (AvgIpc) is 3.25. The summed E-state index contributed by atoms with van der Waals surface area (Å²) in [5.74, 6) is -0.207. The van der Waals surface area contributed by atoms with Crippen LogP contribution >= 0.6 is 0 Å². The van der Waals surface area contributed by atoms with Gasteiger partial charge in [0.1, 0.15) is 5.56 Å². The Labute approximate surface area is 156 Å². The summed E-state index contributed by atoms with van der Waals surface area (Å²) < 4.78 is 3.49. The van der Waals surface area contributed by atoms with E-state index in [4.69, 9.17) is 0 Å². The number of nitrogens with zero attached hydrogens (tertiary/aromatic N) is 5. The van der Waals surface area contributed by atoms with Crippen LogP contribution < -0.4 is 5.32 Å². The molecule has 136 valence electrons. The Kier molecular flexibility index (Phi) is 4.19. The number of aryl methyl sites for hydroxylation is 2. The molecule has 0 saturated heterocycles. The first-order valence-electron chi connectivity index (χ1n) is 8.70. The van der Waals surface area contributed by atoms with Crippen molar-refractivity contribution >= 4 is 11.6 Å². The Balaban J connectivity index is 1.63. The molecule has 0 saturated carbocycles. The molecule has 0 unspecified atom stereocenters. The van der Waals surface area contributed by atoms with Gasteiger partial charge >= 0.3 is 0 Å². The molecule has 7 nitrogen and oxygen atoms in total. The van der Waals surface area contributed by atoms with Crippen molar-refractivity contribution in [1.29, 1.82) is 0 Å². The molecule has 0 atom stereocenters. The van der Waals surface area contributed by atoms with E-state index in [2.05, 4.69) is 32.6 Å². The Hall–Kier alpha value is -3.48. The molecule has 4 aromatic rings. The highest BCUT2D eigenvalue weighted by molar-refractivity contribution is 5.99. The van der Waals surface area contributed by atoms with Gasteiger partial charge in [-0.1, -0.05) is 29.8 Å². The first-order valence-corrected chi connectivity index (χ1v) is 8.70. The second kappa shape index (κ2) is 6.68. The van der Waals surface area contributed by atoms with E-state index >= 15 is 0 Å². The molecule has 1 aromatic carbocycles. The van der Waals surface area contributed by atoms with Crippen LogP contribution in [0, 0.1) is 13.8 Å². The maximum absolute atomic E-state index is 12.7. The van der Waals surface area contributed by atoms with Gasteiger partial charge in [0, 0.05) is 36.6 Å². The molecule has 0 aliphatic heterocycles. The summed E-state index contributed by atoms with van der Waals surface area (Å²) in [6, 6.07) is 10.1. The molecular formula is C20H20N6O. The van der Waals surface area contributed by atoms with Gasteiger partial charge in [0.25, 0.3) is 5.91 Å². The molecule has 0 fully saturated rings. The number of nitrogens with one attached hydrogen (secondary N) is 1. The van der Waals surface area contributed by atoms with E-state index in [9.17, 15) is 4.79 Å². The minimum absolute atomic E-state index is 0.207. The van der Waals surface area contributed by atoms with Crippen molar-refractivity contribution in [3.05, 3.63) is 71.3 Å². The summed E-state index contributed by atoms with van der Waals surface area (Å²) in [7, 11) is 1.88. The fourth-order valence-corrected chi connectivity index (χ4v) is 2.98. The number of amides is 1. The van der Waals surface area contributed by atoms with Gasteiger partial charge in [-0.3, -0.25) is 9.48 Å². The molecule has 1 amide bonds. The summed E-state index contributed by atoms with van der Waals surface area (Å²) in [4.78, 5) is 17.0. The zero-order valence-electron chi connectivity index (χ0n) is 15.5. The van der Waals surface area contributed by atoms with Crippen molar-refractivity contribution in [3.8, 4) is 11.3 Å². The van der Waals surface area contributed by atoms with Crippen LogP contribution in [0.4, 0.5) is 0 Å². The minimum Gasteiger partial charge on any atom is -0.348 e. The maximum Gasteiger partial charge on any atom is 0.257 e. The van der Waals surface area contributed by atoms with Gasteiger partial charge in [-0.2, -0.15) is 10.2 Å². The van der Waals surface area contributed by atoms with Crippen LogP contribution in [0.3, 0.4) is 0 Å². The van der Waals surface area contributed by atoms with Gasteiger partial charge in [0.05, 0.1) is 18.1 Å². The Morgan fingerprint density at radius 3 is 2.56 bits per heavy atom. The lowest BCUT2D eigenvalue weighted by Crippen LogP contribution is -2.23. The van der Waals surface area contributed by atoms with E-state index in [1.807, 2.05) is 39.1 Å². The van der Waals surface area contributed by atoms with Crippen LogP contribution in [0.25, 0.3) is 16.9 Å². The van der Waals surface area contributed by atoms with Crippen LogP contribution in [-0.2, 0) is 13.6 Å². The summed E-state index contributed by atoms with van der Waals surface area (Å²) in [6.07, 6.45) is 5.03. The van der Waals surface area contributed by atoms with E-state index < -0.39 is 0 Å². The molecule has 3 aromatic heterocycles. The van der Waals surface area contributed by atoms with Crippen LogP contribution in [0.1, 0.15) is 27.2 Å². The van der Waals surface area contributed by atoms with E-state index in [0.29, 0.717) is 17.8 Å². The molecule has 0 spiro atoms. The summed E-state index contributed by atoms with van der Waals surface area (Å²) in [5, 5.41) is 11.5. The first-order chi connectivity index (χ1) is 13.0. The quantitative estimate of drug-likeness (QED) is 0.607. The highest BCUT2D eigenvalue weighted by Crippen LogP contribution is 2.21. The molecule has 0 aliphatic carbocycles. The third-order valence-corrected chi connectivity index (χ3v) is 4.77. The molecular weight excluding hydrogens is 340 g/mol. The van der Waals surface area contributed by atoms with Crippen molar-refractivity contribution in [2.24, 2.45) is 7.05 Å². The molecule has 3 heterocycles. The van der Waals surface area contributed by atoms with Gasteiger partial charge in [0.15, 0.2) is 5.65 Å². The number of aromatic nitrogens is 5.